The first-order chi connectivity index (χ1) is 18.4. The second kappa shape index (κ2) is 9.56. The Balaban J connectivity index is 1.30. The molecule has 1 N–H and O–H groups in total. The summed E-state index contributed by atoms with van der Waals surface area (Å²) < 4.78 is 4.49. The molecule has 0 radical (unpaired) electrons. The fourth-order valence-electron chi connectivity index (χ4n) is 4.99. The van der Waals surface area contributed by atoms with Gasteiger partial charge in [-0.1, -0.05) is 6.08 Å². The predicted molar refractivity (Wildman–Crippen MR) is 148 cm³/mol. The number of aromatic nitrogens is 6. The second-order valence-corrected chi connectivity index (χ2v) is 10.1. The maximum atomic E-state index is 13.2. The van der Waals surface area contributed by atoms with Crippen LogP contribution in [0.3, 0.4) is 0 Å². The van der Waals surface area contributed by atoms with E-state index in [9.17, 15) is 9.59 Å². The Morgan fingerprint density at radius 3 is 2.53 bits per heavy atom. The van der Waals surface area contributed by atoms with Crippen molar-refractivity contribution in [2.24, 2.45) is 0 Å². The molecule has 0 unspecified atom stereocenters. The summed E-state index contributed by atoms with van der Waals surface area (Å²) in [6.07, 6.45) is 4.47. The number of nitrogens with zero attached hydrogens (tertiary/aromatic N) is 8. The molecule has 11 heteroatoms. The number of fused-ring (bicyclic) bond motifs is 1. The van der Waals surface area contributed by atoms with Crippen molar-refractivity contribution in [1.29, 1.82) is 0 Å². The molecule has 0 spiro atoms. The minimum atomic E-state index is -0.258. The van der Waals surface area contributed by atoms with Crippen LogP contribution in [0.1, 0.15) is 26.3 Å². The molecule has 4 aromatic rings. The summed E-state index contributed by atoms with van der Waals surface area (Å²) in [5.74, 6) is 0.765. The standard InChI is InChI=1S/C27H31N9O2/c1-4-12-34-26(38)22-15-28-27(30-25(22)36(34)23-10-11-24(37)35(31-23)18(2)3)29-19-6-8-20(9-7-19)33-16-21(17-33)32-13-5-14-32/h4,6-11,15,18,21H,1,5,12-14,16-17H2,2-3H3,(H,28,29,30). The van der Waals surface area contributed by atoms with Gasteiger partial charge in [0.1, 0.15) is 5.39 Å². The maximum Gasteiger partial charge on any atom is 0.278 e. The molecule has 2 fully saturated rings. The van der Waals surface area contributed by atoms with E-state index in [1.165, 1.54) is 46.8 Å². The van der Waals surface area contributed by atoms with Crippen molar-refractivity contribution in [3.05, 3.63) is 76.0 Å². The van der Waals surface area contributed by atoms with Gasteiger partial charge < -0.3 is 10.2 Å². The van der Waals surface area contributed by atoms with Crippen LogP contribution in [0, 0.1) is 0 Å². The molecule has 0 atom stereocenters. The number of allylic oxidation sites excluding steroid dienone is 1. The fourth-order valence-corrected chi connectivity index (χ4v) is 4.99. The van der Waals surface area contributed by atoms with Gasteiger partial charge >= 0.3 is 0 Å². The highest BCUT2D eigenvalue weighted by Gasteiger charge is 2.34. The van der Waals surface area contributed by atoms with Gasteiger partial charge in [-0.3, -0.25) is 14.5 Å². The number of likely N-dealkylation sites (tertiary alicyclic amines) is 1. The topological polar surface area (TPSA) is 106 Å². The average molecular weight is 514 g/mol. The molecule has 2 aliphatic heterocycles. The van der Waals surface area contributed by atoms with E-state index in [1.54, 1.807) is 16.8 Å². The minimum absolute atomic E-state index is 0.142. The molecule has 2 saturated heterocycles. The lowest BCUT2D eigenvalue weighted by molar-refractivity contribution is 0.0977. The third-order valence-corrected chi connectivity index (χ3v) is 7.25. The molecule has 196 valence electrons. The largest absolute Gasteiger partial charge is 0.368 e. The zero-order chi connectivity index (χ0) is 26.4. The van der Waals surface area contributed by atoms with Crippen molar-refractivity contribution < 1.29 is 0 Å². The minimum Gasteiger partial charge on any atom is -0.368 e. The predicted octanol–water partition coefficient (Wildman–Crippen LogP) is 2.54. The fraction of sp³-hybridized carbons (Fsp3) is 0.370. The van der Waals surface area contributed by atoms with Crippen LogP contribution >= 0.6 is 0 Å². The highest BCUT2D eigenvalue weighted by atomic mass is 16.1. The lowest BCUT2D eigenvalue weighted by Crippen LogP contribution is -2.62. The summed E-state index contributed by atoms with van der Waals surface area (Å²) in [5, 5.41) is 8.12. The third-order valence-electron chi connectivity index (χ3n) is 7.25. The molecule has 0 amide bonds. The summed E-state index contributed by atoms with van der Waals surface area (Å²) in [6, 6.07) is 11.8. The molecule has 1 aromatic carbocycles. The van der Waals surface area contributed by atoms with Gasteiger partial charge in [-0.15, -0.1) is 11.7 Å². The Hall–Kier alpha value is -4.25. The van der Waals surface area contributed by atoms with Crippen molar-refractivity contribution in [2.75, 3.05) is 36.4 Å². The van der Waals surface area contributed by atoms with Crippen LogP contribution < -0.4 is 21.3 Å². The summed E-state index contributed by atoms with van der Waals surface area (Å²) in [7, 11) is 0. The summed E-state index contributed by atoms with van der Waals surface area (Å²) in [4.78, 5) is 39.5. The normalized spacial score (nSPS) is 16.0. The van der Waals surface area contributed by atoms with Gasteiger partial charge in [0.05, 0.1) is 12.6 Å². The first-order valence-corrected chi connectivity index (χ1v) is 13.0. The van der Waals surface area contributed by atoms with Crippen molar-refractivity contribution in [2.45, 2.75) is 38.9 Å². The molecule has 3 aromatic heterocycles. The summed E-state index contributed by atoms with van der Waals surface area (Å²) >= 11 is 0. The van der Waals surface area contributed by atoms with Crippen LogP contribution in [0.15, 0.2) is 64.8 Å². The van der Waals surface area contributed by atoms with Crippen LogP contribution in [0.5, 0.6) is 0 Å². The van der Waals surface area contributed by atoms with E-state index in [4.69, 9.17) is 0 Å². The lowest BCUT2D eigenvalue weighted by atomic mass is 10.0. The number of hydrogen-bond donors (Lipinski definition) is 1. The van der Waals surface area contributed by atoms with Gasteiger partial charge in [0.2, 0.25) is 5.95 Å². The van der Waals surface area contributed by atoms with Crippen LogP contribution in [0.4, 0.5) is 17.3 Å². The molecule has 5 heterocycles. The Labute approximate surface area is 219 Å². The van der Waals surface area contributed by atoms with E-state index >= 15 is 0 Å². The zero-order valence-corrected chi connectivity index (χ0v) is 21.6. The third kappa shape index (κ3) is 4.18. The SMILES string of the molecule is C=CCn1c(=O)c2cnc(Nc3ccc(N4CC(N5CCC5)C4)cc3)nc2n1-c1ccc(=O)n(C(C)C)n1. The van der Waals surface area contributed by atoms with E-state index in [0.29, 0.717) is 28.8 Å². The van der Waals surface area contributed by atoms with Crippen molar-refractivity contribution in [3.8, 4) is 5.82 Å². The monoisotopic (exact) mass is 513 g/mol. The first-order valence-electron chi connectivity index (χ1n) is 13.0. The average Bonchev–Trinajstić information content (AvgIpc) is 3.12. The van der Waals surface area contributed by atoms with Gasteiger partial charge in [-0.05, 0) is 63.7 Å². The van der Waals surface area contributed by atoms with Crippen molar-refractivity contribution in [1.82, 2.24) is 34.0 Å². The highest BCUT2D eigenvalue weighted by Crippen LogP contribution is 2.28. The Morgan fingerprint density at radius 1 is 1.11 bits per heavy atom. The molecular formula is C27H31N9O2. The van der Waals surface area contributed by atoms with Crippen LogP contribution in [0.25, 0.3) is 16.9 Å². The van der Waals surface area contributed by atoms with E-state index in [0.717, 1.165) is 18.8 Å². The number of hydrogen-bond acceptors (Lipinski definition) is 8. The summed E-state index contributed by atoms with van der Waals surface area (Å²) in [6.45, 7) is 12.4. The number of anilines is 3. The summed E-state index contributed by atoms with van der Waals surface area (Å²) in [5.41, 5.74) is 1.97. The van der Waals surface area contributed by atoms with Gasteiger partial charge in [0.25, 0.3) is 11.1 Å². The van der Waals surface area contributed by atoms with E-state index in [2.05, 4.69) is 48.9 Å². The van der Waals surface area contributed by atoms with Gasteiger partial charge in [0.15, 0.2) is 11.5 Å². The van der Waals surface area contributed by atoms with Crippen LogP contribution in [-0.4, -0.2) is 66.2 Å². The van der Waals surface area contributed by atoms with Crippen molar-refractivity contribution >= 4 is 28.4 Å². The van der Waals surface area contributed by atoms with Gasteiger partial charge in [0, 0.05) is 42.8 Å². The second-order valence-electron chi connectivity index (χ2n) is 10.1. The molecule has 11 nitrogen and oxygen atoms in total. The van der Waals surface area contributed by atoms with E-state index in [1.807, 2.05) is 26.0 Å². The van der Waals surface area contributed by atoms with Gasteiger partial charge in [-0.25, -0.2) is 19.0 Å². The first kappa shape index (κ1) is 24.1. The molecule has 6 rings (SSSR count). The van der Waals surface area contributed by atoms with E-state index < -0.39 is 0 Å². The Morgan fingerprint density at radius 2 is 1.87 bits per heavy atom. The van der Waals surface area contributed by atoms with Crippen LogP contribution in [-0.2, 0) is 6.54 Å². The highest BCUT2D eigenvalue weighted by molar-refractivity contribution is 5.77. The maximum absolute atomic E-state index is 13.2. The lowest BCUT2D eigenvalue weighted by Gasteiger charge is -2.50. The van der Waals surface area contributed by atoms with Crippen molar-refractivity contribution in [3.63, 3.8) is 0 Å². The smallest absolute Gasteiger partial charge is 0.278 e. The van der Waals surface area contributed by atoms with Crippen LogP contribution in [0.2, 0.25) is 0 Å². The molecule has 0 bridgehead atoms. The molecular weight excluding hydrogens is 482 g/mol. The molecule has 38 heavy (non-hydrogen) atoms. The number of rotatable bonds is 8. The van der Waals surface area contributed by atoms with E-state index in [-0.39, 0.29) is 23.7 Å². The zero-order valence-electron chi connectivity index (χ0n) is 21.6. The Kier molecular flexibility index (Phi) is 6.07. The Bertz CT molecular complexity index is 1610. The molecule has 0 saturated carbocycles. The molecule has 0 aliphatic carbocycles. The number of benzene rings is 1. The molecule has 2 aliphatic rings. The number of nitrogens with one attached hydrogen (secondary N) is 1. The van der Waals surface area contributed by atoms with Gasteiger partial charge in [-0.2, -0.15) is 4.98 Å². The quantitative estimate of drug-likeness (QED) is 0.359.